The van der Waals surface area contributed by atoms with Crippen LogP contribution in [-0.2, 0) is 4.74 Å². The average Bonchev–Trinajstić information content (AvgIpc) is 2.97. The number of piperidine rings is 1. The van der Waals surface area contributed by atoms with Crippen LogP contribution in [0.15, 0.2) is 18.3 Å². The summed E-state index contributed by atoms with van der Waals surface area (Å²) in [6.07, 6.45) is 6.84. The van der Waals surface area contributed by atoms with Crippen molar-refractivity contribution in [3.63, 3.8) is 0 Å². The van der Waals surface area contributed by atoms with Gasteiger partial charge in [-0.2, -0.15) is 5.10 Å². The van der Waals surface area contributed by atoms with E-state index in [1.54, 1.807) is 0 Å². The lowest BCUT2D eigenvalue weighted by molar-refractivity contribution is 0.0487. The molecule has 0 unspecified atom stereocenters. The fourth-order valence-corrected chi connectivity index (χ4v) is 4.04. The van der Waals surface area contributed by atoms with E-state index in [9.17, 15) is 0 Å². The van der Waals surface area contributed by atoms with Crippen molar-refractivity contribution >= 4 is 5.65 Å². The Labute approximate surface area is 137 Å². The summed E-state index contributed by atoms with van der Waals surface area (Å²) in [5, 5.41) is 4.63. The monoisotopic (exact) mass is 314 g/mol. The van der Waals surface area contributed by atoms with E-state index in [1.165, 1.54) is 51.0 Å². The highest BCUT2D eigenvalue weighted by atomic mass is 16.5. The number of rotatable bonds is 3. The third kappa shape index (κ3) is 3.26. The molecule has 0 radical (unpaired) electrons. The first kappa shape index (κ1) is 15.1. The number of ether oxygens (including phenoxy) is 1. The van der Waals surface area contributed by atoms with Crippen LogP contribution in [0.4, 0.5) is 0 Å². The molecule has 0 amide bonds. The van der Waals surface area contributed by atoms with Crippen LogP contribution in [0.3, 0.4) is 0 Å². The maximum atomic E-state index is 5.47. The van der Waals surface area contributed by atoms with Gasteiger partial charge in [-0.15, -0.1) is 0 Å². The minimum absolute atomic E-state index is 0.603. The van der Waals surface area contributed by atoms with E-state index in [1.807, 2.05) is 17.6 Å². The molecule has 2 aromatic heterocycles. The Kier molecular flexibility index (Phi) is 4.31. The number of likely N-dealkylation sites (tertiary alicyclic amines) is 1. The molecule has 2 fully saturated rings. The van der Waals surface area contributed by atoms with Crippen LogP contribution in [0.1, 0.15) is 43.0 Å². The molecule has 23 heavy (non-hydrogen) atoms. The van der Waals surface area contributed by atoms with E-state index < -0.39 is 0 Å². The fourth-order valence-electron chi connectivity index (χ4n) is 4.04. The first-order chi connectivity index (χ1) is 11.3. The Morgan fingerprint density at radius 2 is 1.96 bits per heavy atom. The molecule has 124 valence electrons. The smallest absolute Gasteiger partial charge is 0.155 e. The van der Waals surface area contributed by atoms with E-state index in [0.29, 0.717) is 5.92 Å². The highest BCUT2D eigenvalue weighted by Gasteiger charge is 2.25. The van der Waals surface area contributed by atoms with E-state index in [4.69, 9.17) is 4.74 Å². The molecule has 5 heteroatoms. The number of hydrogen-bond donors (Lipinski definition) is 0. The Morgan fingerprint density at radius 1 is 1.17 bits per heavy atom. The van der Waals surface area contributed by atoms with Crippen LogP contribution in [0.25, 0.3) is 5.65 Å². The molecule has 2 aliphatic rings. The summed E-state index contributed by atoms with van der Waals surface area (Å²) in [6, 6.07) is 4.21. The lowest BCUT2D eigenvalue weighted by atomic mass is 9.91. The molecule has 2 aliphatic heterocycles. The summed E-state index contributed by atoms with van der Waals surface area (Å²) < 4.78 is 7.52. The van der Waals surface area contributed by atoms with Crippen LogP contribution >= 0.6 is 0 Å². The first-order valence-corrected chi connectivity index (χ1v) is 8.91. The number of nitrogens with zero attached hydrogens (tertiary/aromatic N) is 4. The van der Waals surface area contributed by atoms with Crippen molar-refractivity contribution in [2.75, 3.05) is 32.8 Å². The average molecular weight is 314 g/mol. The minimum Gasteiger partial charge on any atom is -0.381 e. The van der Waals surface area contributed by atoms with Crippen LogP contribution in [0, 0.1) is 12.8 Å². The predicted molar refractivity (Wildman–Crippen MR) is 89.7 cm³/mol. The summed E-state index contributed by atoms with van der Waals surface area (Å²) in [4.78, 5) is 7.08. The zero-order valence-corrected chi connectivity index (χ0v) is 13.9. The Balaban J connectivity index is 1.40. The molecule has 0 spiro atoms. The molecule has 2 aromatic rings. The highest BCUT2D eigenvalue weighted by molar-refractivity contribution is 5.40. The second-order valence-electron chi connectivity index (χ2n) is 7.06. The van der Waals surface area contributed by atoms with Crippen molar-refractivity contribution in [2.45, 2.75) is 38.5 Å². The third-order valence-corrected chi connectivity index (χ3v) is 5.37. The molecule has 4 rings (SSSR count). The van der Waals surface area contributed by atoms with Gasteiger partial charge >= 0.3 is 0 Å². The minimum atomic E-state index is 0.603. The topological polar surface area (TPSA) is 42.7 Å². The second kappa shape index (κ2) is 6.57. The van der Waals surface area contributed by atoms with Gasteiger partial charge in [-0.05, 0) is 57.7 Å². The van der Waals surface area contributed by atoms with Crippen LogP contribution < -0.4 is 0 Å². The summed E-state index contributed by atoms with van der Waals surface area (Å²) in [5.41, 5.74) is 3.35. The van der Waals surface area contributed by atoms with Crippen molar-refractivity contribution in [1.82, 2.24) is 19.5 Å². The molecule has 0 saturated carbocycles. The summed E-state index contributed by atoms with van der Waals surface area (Å²) in [6.45, 7) is 7.60. The van der Waals surface area contributed by atoms with Gasteiger partial charge in [0.2, 0.25) is 0 Å². The van der Waals surface area contributed by atoms with Gasteiger partial charge in [0.25, 0.3) is 0 Å². The van der Waals surface area contributed by atoms with E-state index >= 15 is 0 Å². The molecule has 5 nitrogen and oxygen atoms in total. The second-order valence-corrected chi connectivity index (χ2v) is 7.06. The van der Waals surface area contributed by atoms with E-state index in [2.05, 4.69) is 27.1 Å². The maximum absolute atomic E-state index is 5.47. The standard InChI is InChI=1S/C18H26N4O/c1-14-12-18-19-7-2-17(22(18)20-14)16-3-8-21(9-4-16)13-15-5-10-23-11-6-15/h2,7,12,15-16H,3-6,8-11,13H2,1H3. The predicted octanol–water partition coefficient (Wildman–Crippen LogP) is 2.64. The Hall–Kier alpha value is -1.46. The van der Waals surface area contributed by atoms with Gasteiger partial charge in [-0.1, -0.05) is 0 Å². The van der Waals surface area contributed by atoms with E-state index in [0.717, 1.165) is 30.5 Å². The van der Waals surface area contributed by atoms with E-state index in [-0.39, 0.29) is 0 Å². The SMILES string of the molecule is Cc1cc2nccc(C3CCN(CC4CCOCC4)CC3)n2n1. The van der Waals surface area contributed by atoms with Crippen LogP contribution in [0.2, 0.25) is 0 Å². The molecule has 0 aromatic carbocycles. The molecular weight excluding hydrogens is 288 g/mol. The van der Waals surface area contributed by atoms with Crippen molar-refractivity contribution < 1.29 is 4.74 Å². The van der Waals surface area contributed by atoms with Gasteiger partial charge in [0.15, 0.2) is 5.65 Å². The van der Waals surface area contributed by atoms with Crippen LogP contribution in [-0.4, -0.2) is 52.3 Å². The number of aryl methyl sites for hydroxylation is 1. The maximum Gasteiger partial charge on any atom is 0.155 e. The number of hydrogen-bond acceptors (Lipinski definition) is 4. The van der Waals surface area contributed by atoms with Crippen molar-refractivity contribution in [3.05, 3.63) is 29.7 Å². The van der Waals surface area contributed by atoms with Gasteiger partial charge in [-0.3, -0.25) is 0 Å². The Bertz CT molecular complexity index is 654. The summed E-state index contributed by atoms with van der Waals surface area (Å²) in [5.74, 6) is 1.44. The van der Waals surface area contributed by atoms with Crippen molar-refractivity contribution in [1.29, 1.82) is 0 Å². The number of fused-ring (bicyclic) bond motifs is 1. The molecule has 0 aliphatic carbocycles. The Morgan fingerprint density at radius 3 is 2.74 bits per heavy atom. The third-order valence-electron chi connectivity index (χ3n) is 5.37. The van der Waals surface area contributed by atoms with Gasteiger partial charge < -0.3 is 9.64 Å². The number of aromatic nitrogens is 3. The quantitative estimate of drug-likeness (QED) is 0.873. The molecular formula is C18H26N4O. The van der Waals surface area contributed by atoms with Crippen LogP contribution in [0.5, 0.6) is 0 Å². The van der Waals surface area contributed by atoms with Gasteiger partial charge in [0.05, 0.1) is 5.69 Å². The van der Waals surface area contributed by atoms with Crippen molar-refractivity contribution in [3.8, 4) is 0 Å². The van der Waals surface area contributed by atoms with Gasteiger partial charge in [0.1, 0.15) is 0 Å². The normalized spacial score (nSPS) is 22.0. The zero-order chi connectivity index (χ0) is 15.6. The lowest BCUT2D eigenvalue weighted by Gasteiger charge is -2.35. The first-order valence-electron chi connectivity index (χ1n) is 8.91. The lowest BCUT2D eigenvalue weighted by Crippen LogP contribution is -2.38. The molecule has 0 atom stereocenters. The molecule has 0 bridgehead atoms. The fraction of sp³-hybridized carbons (Fsp3) is 0.667. The summed E-state index contributed by atoms with van der Waals surface area (Å²) in [7, 11) is 0. The largest absolute Gasteiger partial charge is 0.381 e. The molecule has 0 N–H and O–H groups in total. The summed E-state index contributed by atoms with van der Waals surface area (Å²) >= 11 is 0. The van der Waals surface area contributed by atoms with Gasteiger partial charge in [-0.25, -0.2) is 9.50 Å². The molecule has 4 heterocycles. The highest BCUT2D eigenvalue weighted by Crippen LogP contribution is 2.29. The van der Waals surface area contributed by atoms with Gasteiger partial charge in [0, 0.05) is 43.6 Å². The molecule has 2 saturated heterocycles. The van der Waals surface area contributed by atoms with Crippen molar-refractivity contribution in [2.24, 2.45) is 5.92 Å². The zero-order valence-electron chi connectivity index (χ0n) is 13.9.